The van der Waals surface area contributed by atoms with Crippen LogP contribution in [0.5, 0.6) is 5.75 Å². The summed E-state index contributed by atoms with van der Waals surface area (Å²) in [5.74, 6) is 1.80. The van der Waals surface area contributed by atoms with E-state index in [2.05, 4.69) is 4.18 Å². The maximum absolute atomic E-state index is 12.2. The zero-order valence-electron chi connectivity index (χ0n) is 13.8. The molecule has 27 heavy (non-hydrogen) atoms. The second kappa shape index (κ2) is 8.37. The van der Waals surface area contributed by atoms with Crippen molar-refractivity contribution in [2.24, 2.45) is 0 Å². The number of Topliss-reactive ketones (excluding diaryl/α,β-unsaturated/α-hetero) is 1. The number of carbonyl (C=O) groups excluding carboxylic acids is 1. The lowest BCUT2D eigenvalue weighted by Gasteiger charge is -2.21. The van der Waals surface area contributed by atoms with Crippen LogP contribution < -0.4 is 4.18 Å². The van der Waals surface area contributed by atoms with E-state index in [1.165, 1.54) is 12.1 Å². The minimum absolute atomic E-state index is 0.0186. The maximum atomic E-state index is 12.2. The Morgan fingerprint density at radius 1 is 1.04 bits per heavy atom. The Bertz CT molecular complexity index is 876. The van der Waals surface area contributed by atoms with Crippen molar-refractivity contribution in [2.45, 2.75) is 24.8 Å². The summed E-state index contributed by atoms with van der Waals surface area (Å²) in [5.41, 5.74) is -5.56. The van der Waals surface area contributed by atoms with Crippen molar-refractivity contribution in [3.8, 4) is 5.75 Å². The van der Waals surface area contributed by atoms with Crippen molar-refractivity contribution >= 4 is 37.0 Å². The number of ketones is 1. The van der Waals surface area contributed by atoms with Gasteiger partial charge in [-0.15, -0.1) is 0 Å². The molecule has 1 heterocycles. The predicted molar refractivity (Wildman–Crippen MR) is 94.5 cm³/mol. The van der Waals surface area contributed by atoms with Crippen molar-refractivity contribution in [2.75, 3.05) is 17.3 Å². The van der Waals surface area contributed by atoms with E-state index >= 15 is 0 Å². The number of benzene rings is 1. The Morgan fingerprint density at radius 2 is 1.59 bits per heavy atom. The molecule has 1 aliphatic heterocycles. The summed E-state index contributed by atoms with van der Waals surface area (Å²) in [6.45, 7) is 0. The molecule has 152 valence electrons. The molecule has 1 aromatic carbocycles. The molecule has 0 bridgehead atoms. The van der Waals surface area contributed by atoms with Crippen LogP contribution >= 0.6 is 0 Å². The van der Waals surface area contributed by atoms with E-state index in [4.69, 9.17) is 0 Å². The van der Waals surface area contributed by atoms with E-state index < -0.39 is 31.6 Å². The van der Waals surface area contributed by atoms with Gasteiger partial charge in [-0.2, -0.15) is 13.2 Å². The fourth-order valence-electron chi connectivity index (χ4n) is 2.30. The standard InChI is InChI=1S/C14H16F3NO6S3/c15-14(16,17)26(20,21)18-27(22,23)24-12-6-4-11(5-7-12)13(19)10-25-8-2-1-3-9-25/h4-7H,1-3,8-10H2. The van der Waals surface area contributed by atoms with Crippen LogP contribution in [0.4, 0.5) is 13.2 Å². The van der Waals surface area contributed by atoms with Crippen LogP contribution in [-0.2, 0) is 31.2 Å². The van der Waals surface area contributed by atoms with Gasteiger partial charge in [-0.3, -0.25) is 4.79 Å². The lowest BCUT2D eigenvalue weighted by Crippen LogP contribution is -2.26. The van der Waals surface area contributed by atoms with E-state index in [9.17, 15) is 34.8 Å². The summed E-state index contributed by atoms with van der Waals surface area (Å²) in [7, 11) is -11.6. The molecule has 0 aliphatic carbocycles. The minimum atomic E-state index is -6.25. The maximum Gasteiger partial charge on any atom is 0.480 e. The average molecular weight is 447 g/mol. The Kier molecular flexibility index (Phi) is 6.81. The number of carbonyl (C=O) groups is 1. The van der Waals surface area contributed by atoms with Crippen molar-refractivity contribution in [1.29, 1.82) is 0 Å². The molecule has 0 radical (unpaired) electrons. The third-order valence-corrected chi connectivity index (χ3v) is 8.47. The molecule has 1 aromatic rings. The van der Waals surface area contributed by atoms with Crippen LogP contribution in [0.1, 0.15) is 29.6 Å². The summed E-state index contributed by atoms with van der Waals surface area (Å²) in [6, 6.07) is 4.62. The number of hydrogen-bond acceptors (Lipinski definition) is 6. The third kappa shape index (κ3) is 6.36. The molecule has 0 aromatic heterocycles. The number of hydrogen-bond donors (Lipinski definition) is 0. The quantitative estimate of drug-likeness (QED) is 0.469. The Hall–Kier alpha value is -1.31. The number of sulfonamides is 1. The second-order valence-electron chi connectivity index (χ2n) is 5.68. The Labute approximate surface area is 157 Å². The minimum Gasteiger partial charge on any atom is -0.395 e. The molecule has 7 nitrogen and oxygen atoms in total. The van der Waals surface area contributed by atoms with Gasteiger partial charge < -0.3 is 8.31 Å². The first-order valence-corrected chi connectivity index (χ1v) is 12.2. The molecule has 0 spiro atoms. The third-order valence-electron chi connectivity index (χ3n) is 3.56. The number of rotatable bonds is 7. The second-order valence-corrected chi connectivity index (χ2v) is 11.0. The van der Waals surface area contributed by atoms with Crippen LogP contribution in [0.2, 0.25) is 0 Å². The van der Waals surface area contributed by atoms with Gasteiger partial charge in [-0.1, -0.05) is 0 Å². The highest BCUT2D eigenvalue weighted by molar-refractivity contribution is 8.10. The van der Waals surface area contributed by atoms with Gasteiger partial charge >= 0.3 is 5.51 Å². The molecule has 1 fully saturated rings. The Morgan fingerprint density at radius 3 is 2.11 bits per heavy atom. The molecular formula is C14H16F3NO6S3. The van der Waals surface area contributed by atoms with Gasteiger partial charge in [0, 0.05) is 5.56 Å². The lowest BCUT2D eigenvalue weighted by molar-refractivity contribution is -0.0425. The monoisotopic (exact) mass is 447 g/mol. The van der Waals surface area contributed by atoms with Gasteiger partial charge in [0.25, 0.3) is 0 Å². The van der Waals surface area contributed by atoms with Crippen molar-refractivity contribution in [3.05, 3.63) is 34.0 Å². The van der Waals surface area contributed by atoms with Gasteiger partial charge in [0.2, 0.25) is 16.1 Å². The van der Waals surface area contributed by atoms with E-state index in [0.717, 1.165) is 42.9 Å². The first-order valence-electron chi connectivity index (χ1n) is 7.67. The normalized spacial score (nSPS) is 16.9. The number of alkyl halides is 3. The lowest BCUT2D eigenvalue weighted by atomic mass is 10.1. The van der Waals surface area contributed by atoms with Gasteiger partial charge in [0.05, 0.1) is 0 Å². The molecular weight excluding hydrogens is 431 g/mol. The number of nitrogens with zero attached hydrogens (tertiary/aromatic N) is 1. The zero-order chi connectivity index (χ0) is 20.3. The summed E-state index contributed by atoms with van der Waals surface area (Å²) >= 11 is 0. The van der Waals surface area contributed by atoms with Gasteiger partial charge in [0.15, 0.2) is 15.8 Å². The zero-order valence-corrected chi connectivity index (χ0v) is 16.3. The van der Waals surface area contributed by atoms with Crippen molar-refractivity contribution in [3.63, 3.8) is 0 Å². The van der Waals surface area contributed by atoms with Gasteiger partial charge in [0.1, 0.15) is 17.3 Å². The SMILES string of the molecule is O=C(C[S+]1CCCCC1)c1ccc(OS(=O)(=O)[N-]S(=O)(=O)C(F)(F)F)cc1. The van der Waals surface area contributed by atoms with E-state index in [0.29, 0.717) is 11.3 Å². The Balaban J connectivity index is 2.01. The predicted octanol–water partition coefficient (Wildman–Crippen LogP) is 2.52. The average Bonchev–Trinajstić information content (AvgIpc) is 2.54. The number of halogens is 3. The van der Waals surface area contributed by atoms with E-state index in [1.807, 2.05) is 0 Å². The van der Waals surface area contributed by atoms with E-state index in [1.54, 1.807) is 4.13 Å². The highest BCUT2D eigenvalue weighted by Gasteiger charge is 2.40. The smallest absolute Gasteiger partial charge is 0.395 e. The fraction of sp³-hybridized carbons (Fsp3) is 0.500. The topological polar surface area (TPSA) is 109 Å². The highest BCUT2D eigenvalue weighted by Crippen LogP contribution is 2.31. The molecule has 0 N–H and O–H groups in total. The van der Waals surface area contributed by atoms with Crippen LogP contribution in [0.3, 0.4) is 0 Å². The van der Waals surface area contributed by atoms with Crippen LogP contribution in [0.15, 0.2) is 24.3 Å². The van der Waals surface area contributed by atoms with Crippen LogP contribution in [0, 0.1) is 0 Å². The summed E-state index contributed by atoms with van der Waals surface area (Å²) in [5, 5.41) is 0. The molecule has 2 rings (SSSR count). The highest BCUT2D eigenvalue weighted by atomic mass is 32.3. The van der Waals surface area contributed by atoms with Crippen molar-refractivity contribution < 1.29 is 39.0 Å². The molecule has 0 atom stereocenters. The molecule has 1 saturated heterocycles. The van der Waals surface area contributed by atoms with Gasteiger partial charge in [-0.25, -0.2) is 16.8 Å². The van der Waals surface area contributed by atoms with Crippen LogP contribution in [-0.4, -0.2) is 45.4 Å². The summed E-state index contributed by atoms with van der Waals surface area (Å²) < 4.78 is 87.0. The largest absolute Gasteiger partial charge is 0.480 e. The molecule has 1 aliphatic rings. The molecule has 0 saturated carbocycles. The molecule has 13 heteroatoms. The van der Waals surface area contributed by atoms with Gasteiger partial charge in [-0.05, 0) is 54.4 Å². The van der Waals surface area contributed by atoms with Crippen LogP contribution in [0.25, 0.3) is 4.13 Å². The first kappa shape index (κ1) is 22.0. The van der Waals surface area contributed by atoms with E-state index in [-0.39, 0.29) is 16.7 Å². The molecule has 0 amide bonds. The van der Waals surface area contributed by atoms with Crippen molar-refractivity contribution in [1.82, 2.24) is 0 Å². The summed E-state index contributed by atoms with van der Waals surface area (Å²) in [4.78, 5) is 12.2. The first-order chi connectivity index (χ1) is 12.4. The fourth-order valence-corrected chi connectivity index (χ4v) is 6.33. The molecule has 0 unspecified atom stereocenters. The summed E-state index contributed by atoms with van der Waals surface area (Å²) in [6.07, 6.45) is 3.34.